The van der Waals surface area contributed by atoms with E-state index >= 15 is 0 Å². The Hall–Kier alpha value is -2.92. The number of halogens is 1. The summed E-state index contributed by atoms with van der Waals surface area (Å²) in [6.45, 7) is 4.53. The molecule has 0 amide bonds. The van der Waals surface area contributed by atoms with Crippen molar-refractivity contribution in [3.63, 3.8) is 0 Å². The van der Waals surface area contributed by atoms with Crippen LogP contribution in [0.3, 0.4) is 0 Å². The van der Waals surface area contributed by atoms with Crippen LogP contribution in [0.5, 0.6) is 0 Å². The van der Waals surface area contributed by atoms with E-state index in [1.807, 2.05) is 54.1 Å². The molecular formula is C21H18ClN3O2. The topological polar surface area (TPSA) is 57.0 Å². The number of benzene rings is 2. The summed E-state index contributed by atoms with van der Waals surface area (Å²) in [5.41, 5.74) is 2.93. The zero-order valence-electron chi connectivity index (χ0n) is 15.1. The first-order valence-corrected chi connectivity index (χ1v) is 9.12. The van der Waals surface area contributed by atoms with Crippen molar-refractivity contribution in [2.24, 2.45) is 0 Å². The van der Waals surface area contributed by atoms with Gasteiger partial charge in [-0.05, 0) is 32.0 Å². The van der Waals surface area contributed by atoms with Crippen LogP contribution in [0.15, 0.2) is 48.7 Å². The Morgan fingerprint density at radius 3 is 2.85 bits per heavy atom. The Morgan fingerprint density at radius 1 is 1.22 bits per heavy atom. The summed E-state index contributed by atoms with van der Waals surface area (Å²) in [5.74, 6) is 0.490. The van der Waals surface area contributed by atoms with Crippen molar-refractivity contribution in [3.05, 3.63) is 70.8 Å². The monoisotopic (exact) mass is 379 g/mol. The van der Waals surface area contributed by atoms with Crippen LogP contribution < -0.4 is 0 Å². The molecule has 136 valence electrons. The molecule has 0 saturated carbocycles. The molecule has 0 fully saturated rings. The van der Waals surface area contributed by atoms with Gasteiger partial charge in [0.15, 0.2) is 0 Å². The summed E-state index contributed by atoms with van der Waals surface area (Å²) < 4.78 is 7.12. The quantitative estimate of drug-likeness (QED) is 0.479. The minimum absolute atomic E-state index is 0.339. The maximum absolute atomic E-state index is 12.1. The summed E-state index contributed by atoms with van der Waals surface area (Å²) in [4.78, 5) is 21.2. The summed E-state index contributed by atoms with van der Waals surface area (Å²) in [5, 5.41) is 2.61. The molecule has 2 heterocycles. The Balaban J connectivity index is 1.79. The number of nitrogens with zero attached hydrogens (tertiary/aromatic N) is 3. The molecule has 4 rings (SSSR count). The average Bonchev–Trinajstić information content (AvgIpc) is 2.99. The molecule has 0 saturated heterocycles. The van der Waals surface area contributed by atoms with Gasteiger partial charge >= 0.3 is 5.97 Å². The maximum atomic E-state index is 12.1. The Morgan fingerprint density at radius 2 is 2.04 bits per heavy atom. The van der Waals surface area contributed by atoms with E-state index < -0.39 is 0 Å². The highest BCUT2D eigenvalue weighted by Crippen LogP contribution is 2.27. The van der Waals surface area contributed by atoms with Gasteiger partial charge < -0.3 is 9.30 Å². The van der Waals surface area contributed by atoms with E-state index in [1.54, 1.807) is 13.0 Å². The Bertz CT molecular complexity index is 1170. The lowest BCUT2D eigenvalue weighted by Gasteiger charge is -2.10. The van der Waals surface area contributed by atoms with Crippen LogP contribution in [0.2, 0.25) is 5.02 Å². The maximum Gasteiger partial charge on any atom is 0.338 e. The molecule has 0 aliphatic heterocycles. The van der Waals surface area contributed by atoms with Gasteiger partial charge in [0, 0.05) is 17.0 Å². The summed E-state index contributed by atoms with van der Waals surface area (Å²) >= 11 is 6.61. The van der Waals surface area contributed by atoms with Gasteiger partial charge in [0.25, 0.3) is 0 Å². The van der Waals surface area contributed by atoms with Crippen LogP contribution in [0.1, 0.15) is 28.8 Å². The number of carbonyl (C=O) groups is 1. The number of fused-ring (bicyclic) bond motifs is 2. The van der Waals surface area contributed by atoms with E-state index in [1.165, 1.54) is 0 Å². The van der Waals surface area contributed by atoms with Crippen LogP contribution in [0, 0.1) is 6.92 Å². The number of pyridine rings is 1. The second-order valence-electron chi connectivity index (χ2n) is 6.28. The van der Waals surface area contributed by atoms with Gasteiger partial charge in [-0.15, -0.1) is 0 Å². The zero-order valence-corrected chi connectivity index (χ0v) is 15.8. The number of esters is 1. The van der Waals surface area contributed by atoms with E-state index in [9.17, 15) is 4.79 Å². The number of aromatic nitrogens is 3. The molecule has 0 bridgehead atoms. The fraction of sp³-hybridized carbons (Fsp3) is 0.190. The number of hydrogen-bond donors (Lipinski definition) is 0. The fourth-order valence-electron chi connectivity index (χ4n) is 3.21. The molecule has 0 atom stereocenters. The van der Waals surface area contributed by atoms with Crippen molar-refractivity contribution in [1.29, 1.82) is 0 Å². The van der Waals surface area contributed by atoms with Gasteiger partial charge in [-0.1, -0.05) is 35.9 Å². The second-order valence-corrected chi connectivity index (χ2v) is 6.65. The first kappa shape index (κ1) is 17.5. The molecule has 2 aromatic carbocycles. The van der Waals surface area contributed by atoms with Gasteiger partial charge in [-0.2, -0.15) is 0 Å². The van der Waals surface area contributed by atoms with Crippen LogP contribution in [-0.4, -0.2) is 27.1 Å². The highest BCUT2D eigenvalue weighted by atomic mass is 35.5. The lowest BCUT2D eigenvalue weighted by molar-refractivity contribution is 0.0526. The fourth-order valence-corrected chi connectivity index (χ4v) is 3.49. The molecule has 5 nitrogen and oxygen atoms in total. The molecule has 0 aliphatic rings. The van der Waals surface area contributed by atoms with E-state index in [0.717, 1.165) is 33.3 Å². The molecule has 0 unspecified atom stereocenters. The molecule has 4 aromatic rings. The second kappa shape index (κ2) is 7.00. The predicted octanol–water partition coefficient (Wildman–Crippen LogP) is 4.77. The number of imidazole rings is 1. The van der Waals surface area contributed by atoms with Crippen molar-refractivity contribution < 1.29 is 9.53 Å². The standard InChI is InChI=1S/C21H18ClN3O2/c1-3-27-21(26)14-8-9-17-19(10-14)25(13(2)24-17)12-18-20(22)16-7-5-4-6-15(16)11-23-18/h4-11H,3,12H2,1-2H3. The van der Waals surface area contributed by atoms with Crippen LogP contribution in [-0.2, 0) is 11.3 Å². The number of aryl methyl sites for hydroxylation is 1. The van der Waals surface area contributed by atoms with Gasteiger partial charge in [-0.25, -0.2) is 9.78 Å². The van der Waals surface area contributed by atoms with Crippen molar-refractivity contribution in [1.82, 2.24) is 14.5 Å². The minimum Gasteiger partial charge on any atom is -0.462 e. The highest BCUT2D eigenvalue weighted by molar-refractivity contribution is 6.36. The molecule has 6 heteroatoms. The first-order valence-electron chi connectivity index (χ1n) is 8.74. The van der Waals surface area contributed by atoms with Crippen molar-refractivity contribution >= 4 is 39.4 Å². The summed E-state index contributed by atoms with van der Waals surface area (Å²) in [6.07, 6.45) is 1.83. The highest BCUT2D eigenvalue weighted by Gasteiger charge is 2.15. The van der Waals surface area contributed by atoms with Gasteiger partial charge in [0.2, 0.25) is 0 Å². The predicted molar refractivity (Wildman–Crippen MR) is 106 cm³/mol. The molecule has 0 N–H and O–H groups in total. The van der Waals surface area contributed by atoms with E-state index in [4.69, 9.17) is 16.3 Å². The molecule has 0 spiro atoms. The van der Waals surface area contributed by atoms with Crippen LogP contribution in [0.4, 0.5) is 0 Å². The van der Waals surface area contributed by atoms with Crippen molar-refractivity contribution in [2.45, 2.75) is 20.4 Å². The third kappa shape index (κ3) is 3.15. The van der Waals surface area contributed by atoms with Gasteiger partial charge in [0.1, 0.15) is 5.82 Å². The first-order chi connectivity index (χ1) is 13.1. The van der Waals surface area contributed by atoms with E-state index in [-0.39, 0.29) is 5.97 Å². The largest absolute Gasteiger partial charge is 0.462 e. The third-order valence-corrected chi connectivity index (χ3v) is 4.99. The molecular weight excluding hydrogens is 362 g/mol. The average molecular weight is 380 g/mol. The summed E-state index contributed by atoms with van der Waals surface area (Å²) in [7, 11) is 0. The number of carbonyl (C=O) groups excluding carboxylic acids is 1. The van der Waals surface area contributed by atoms with E-state index in [2.05, 4.69) is 9.97 Å². The normalized spacial score (nSPS) is 11.2. The van der Waals surface area contributed by atoms with E-state index in [0.29, 0.717) is 23.7 Å². The molecule has 0 radical (unpaired) electrons. The smallest absolute Gasteiger partial charge is 0.338 e. The minimum atomic E-state index is -0.341. The third-order valence-electron chi connectivity index (χ3n) is 4.57. The molecule has 27 heavy (non-hydrogen) atoms. The zero-order chi connectivity index (χ0) is 19.0. The van der Waals surface area contributed by atoms with Crippen LogP contribution in [0.25, 0.3) is 21.8 Å². The lowest BCUT2D eigenvalue weighted by atomic mass is 10.1. The van der Waals surface area contributed by atoms with Crippen molar-refractivity contribution in [2.75, 3.05) is 6.61 Å². The SMILES string of the molecule is CCOC(=O)c1ccc2nc(C)n(Cc3ncc4ccccc4c3Cl)c2c1. The Kier molecular flexibility index (Phi) is 4.54. The summed E-state index contributed by atoms with van der Waals surface area (Å²) in [6, 6.07) is 13.3. The van der Waals surface area contributed by atoms with Gasteiger partial charge in [-0.3, -0.25) is 4.98 Å². The van der Waals surface area contributed by atoms with Crippen molar-refractivity contribution in [3.8, 4) is 0 Å². The van der Waals surface area contributed by atoms with Crippen LogP contribution >= 0.6 is 11.6 Å². The number of hydrogen-bond acceptors (Lipinski definition) is 4. The number of rotatable bonds is 4. The number of ether oxygens (including phenoxy) is 1. The molecule has 2 aromatic heterocycles. The Labute approximate surface area is 161 Å². The lowest BCUT2D eigenvalue weighted by Crippen LogP contribution is -2.07. The van der Waals surface area contributed by atoms with Gasteiger partial charge in [0.05, 0.1) is 40.5 Å². The molecule has 0 aliphatic carbocycles.